The highest BCUT2D eigenvalue weighted by Crippen LogP contribution is 2.32. The molecule has 1 aromatic carbocycles. The number of nitrogens with zero attached hydrogens (tertiary/aromatic N) is 2. The molecule has 0 aromatic heterocycles. The van der Waals surface area contributed by atoms with Gasteiger partial charge in [0.25, 0.3) is 0 Å². The average Bonchev–Trinajstić information content (AvgIpc) is 3.08. The van der Waals surface area contributed by atoms with Crippen molar-refractivity contribution in [1.82, 2.24) is 15.1 Å². The number of amides is 1. The Balaban J connectivity index is 1.42. The van der Waals surface area contributed by atoms with Crippen LogP contribution in [0.25, 0.3) is 0 Å². The fourth-order valence-corrected chi connectivity index (χ4v) is 4.21. The molecule has 26 heavy (non-hydrogen) atoms. The van der Waals surface area contributed by atoms with Gasteiger partial charge in [0.2, 0.25) is 5.91 Å². The Morgan fingerprint density at radius 3 is 2.65 bits per heavy atom. The molecule has 1 amide bonds. The molecule has 2 N–H and O–H groups in total. The lowest BCUT2D eigenvalue weighted by molar-refractivity contribution is -0.186. The Hall–Kier alpha value is -1.51. The van der Waals surface area contributed by atoms with Gasteiger partial charge < -0.3 is 24.8 Å². The zero-order chi connectivity index (χ0) is 18.1. The first kappa shape index (κ1) is 17.9. The van der Waals surface area contributed by atoms with Gasteiger partial charge in [0.05, 0.1) is 24.8 Å². The fraction of sp³-hybridized carbons (Fsp3) is 0.632. The van der Waals surface area contributed by atoms with Crippen molar-refractivity contribution < 1.29 is 19.4 Å². The lowest BCUT2D eigenvalue weighted by Crippen LogP contribution is -2.66. The Labute approximate surface area is 153 Å². The van der Waals surface area contributed by atoms with E-state index in [4.69, 9.17) is 9.47 Å². The number of hydrogen-bond donors (Lipinski definition) is 2. The summed E-state index contributed by atoms with van der Waals surface area (Å²) in [6.07, 6.45) is -1.10. The van der Waals surface area contributed by atoms with E-state index in [2.05, 4.69) is 22.3 Å². The summed E-state index contributed by atoms with van der Waals surface area (Å²) in [7, 11) is 0. The monoisotopic (exact) mass is 361 g/mol. The van der Waals surface area contributed by atoms with E-state index in [1.54, 1.807) is 6.92 Å². The first-order chi connectivity index (χ1) is 12.6. The summed E-state index contributed by atoms with van der Waals surface area (Å²) in [4.78, 5) is 15.6. The molecule has 3 aliphatic heterocycles. The minimum Gasteiger partial charge on any atom is -0.390 e. The lowest BCUT2D eigenvalue weighted by Gasteiger charge is -2.46. The maximum absolute atomic E-state index is 11.5. The molecule has 3 fully saturated rings. The van der Waals surface area contributed by atoms with E-state index >= 15 is 0 Å². The van der Waals surface area contributed by atoms with E-state index in [0.29, 0.717) is 26.2 Å². The third-order valence-electron chi connectivity index (χ3n) is 5.70. The third-order valence-corrected chi connectivity index (χ3v) is 5.70. The van der Waals surface area contributed by atoms with Gasteiger partial charge in [-0.25, -0.2) is 0 Å². The molecule has 2 bridgehead atoms. The van der Waals surface area contributed by atoms with Crippen molar-refractivity contribution in [2.24, 2.45) is 0 Å². The van der Waals surface area contributed by atoms with Crippen LogP contribution in [0.15, 0.2) is 30.3 Å². The zero-order valence-corrected chi connectivity index (χ0v) is 15.1. The number of aliphatic hydroxyl groups excluding tert-OH is 1. The second-order valence-corrected chi connectivity index (χ2v) is 7.29. The van der Waals surface area contributed by atoms with Crippen LogP contribution in [0, 0.1) is 0 Å². The van der Waals surface area contributed by atoms with Crippen LogP contribution in [-0.4, -0.2) is 84.2 Å². The highest BCUT2D eigenvalue weighted by atomic mass is 16.7. The zero-order valence-electron chi connectivity index (χ0n) is 15.1. The third kappa shape index (κ3) is 3.50. The van der Waals surface area contributed by atoms with Gasteiger partial charge in [0.1, 0.15) is 6.10 Å². The van der Waals surface area contributed by atoms with E-state index in [1.807, 2.05) is 23.1 Å². The minimum absolute atomic E-state index is 0.102. The number of benzene rings is 1. The maximum atomic E-state index is 11.5. The van der Waals surface area contributed by atoms with Crippen LogP contribution in [0.5, 0.6) is 0 Å². The van der Waals surface area contributed by atoms with Crippen molar-refractivity contribution in [3.05, 3.63) is 35.9 Å². The molecule has 3 heterocycles. The number of ether oxygens (including phenoxy) is 2. The number of carbonyl (C=O) groups excluding carboxylic acids is 1. The number of carbonyl (C=O) groups is 1. The molecule has 0 aliphatic carbocycles. The van der Waals surface area contributed by atoms with Crippen molar-refractivity contribution in [2.75, 3.05) is 32.8 Å². The first-order valence-corrected chi connectivity index (χ1v) is 9.35. The number of fused-ring (bicyclic) bond motifs is 2. The van der Waals surface area contributed by atoms with Gasteiger partial charge in [0, 0.05) is 39.6 Å². The largest absolute Gasteiger partial charge is 0.390 e. The molecule has 1 aromatic rings. The van der Waals surface area contributed by atoms with Gasteiger partial charge in [-0.2, -0.15) is 0 Å². The standard InChI is InChI=1S/C19H27N3O4/c1-13(23)21-7-9-22(10-8-21)17-18(24)16(15-12-25-19(17)26-15)20-11-14-5-3-2-4-6-14/h2-6,15-20,24H,7-12H2,1H3/t15-,16+,17-,18-,19+/m0/s1. The Bertz CT molecular complexity index is 620. The summed E-state index contributed by atoms with van der Waals surface area (Å²) in [6.45, 7) is 5.58. The summed E-state index contributed by atoms with van der Waals surface area (Å²) in [5.74, 6) is 0.102. The maximum Gasteiger partial charge on any atom is 0.219 e. The van der Waals surface area contributed by atoms with E-state index in [0.717, 1.165) is 13.1 Å². The Morgan fingerprint density at radius 2 is 1.96 bits per heavy atom. The van der Waals surface area contributed by atoms with Crippen LogP contribution in [-0.2, 0) is 20.8 Å². The molecular weight excluding hydrogens is 334 g/mol. The normalized spacial score (nSPS) is 34.8. The van der Waals surface area contributed by atoms with E-state index in [-0.39, 0.29) is 24.1 Å². The Morgan fingerprint density at radius 1 is 1.23 bits per heavy atom. The molecule has 0 unspecified atom stereocenters. The molecule has 3 saturated heterocycles. The predicted molar refractivity (Wildman–Crippen MR) is 95.3 cm³/mol. The molecule has 3 aliphatic rings. The number of aliphatic hydroxyl groups is 1. The quantitative estimate of drug-likeness (QED) is 0.773. The van der Waals surface area contributed by atoms with Crippen LogP contribution in [0.3, 0.4) is 0 Å². The predicted octanol–water partition coefficient (Wildman–Crippen LogP) is -0.206. The summed E-state index contributed by atoms with van der Waals surface area (Å²) in [6, 6.07) is 9.76. The minimum atomic E-state index is -0.575. The summed E-state index contributed by atoms with van der Waals surface area (Å²) < 4.78 is 11.9. The van der Waals surface area contributed by atoms with Gasteiger partial charge in [-0.05, 0) is 5.56 Å². The lowest BCUT2D eigenvalue weighted by atomic mass is 9.94. The first-order valence-electron chi connectivity index (χ1n) is 9.35. The van der Waals surface area contributed by atoms with Crippen LogP contribution in [0.1, 0.15) is 12.5 Å². The highest BCUT2D eigenvalue weighted by Gasteiger charge is 2.52. The second-order valence-electron chi connectivity index (χ2n) is 7.29. The molecular formula is C19H27N3O4. The summed E-state index contributed by atoms with van der Waals surface area (Å²) in [5, 5.41) is 14.5. The summed E-state index contributed by atoms with van der Waals surface area (Å²) in [5.41, 5.74) is 1.17. The number of rotatable bonds is 4. The van der Waals surface area contributed by atoms with E-state index in [9.17, 15) is 9.90 Å². The molecule has 0 saturated carbocycles. The number of piperazine rings is 1. The van der Waals surface area contributed by atoms with Gasteiger partial charge in [0.15, 0.2) is 6.29 Å². The van der Waals surface area contributed by atoms with Gasteiger partial charge in [-0.1, -0.05) is 30.3 Å². The number of hydrogen-bond acceptors (Lipinski definition) is 6. The SMILES string of the molecule is CC(=O)N1CCN([C@@H]2[C@@H]3OC[C@H](O3)[C@@H](NCc3ccccc3)[C@@H]2O)CC1. The van der Waals surface area contributed by atoms with Crippen molar-refractivity contribution in [3.63, 3.8) is 0 Å². The van der Waals surface area contributed by atoms with Gasteiger partial charge in [-0.15, -0.1) is 0 Å². The average molecular weight is 361 g/mol. The Kier molecular flexibility index (Phi) is 5.24. The molecule has 7 heteroatoms. The van der Waals surface area contributed by atoms with Crippen LogP contribution >= 0.6 is 0 Å². The van der Waals surface area contributed by atoms with E-state index < -0.39 is 12.4 Å². The van der Waals surface area contributed by atoms with Crippen LogP contribution in [0.2, 0.25) is 0 Å². The summed E-state index contributed by atoms with van der Waals surface area (Å²) >= 11 is 0. The van der Waals surface area contributed by atoms with Crippen LogP contribution in [0.4, 0.5) is 0 Å². The molecule has 142 valence electrons. The van der Waals surface area contributed by atoms with Crippen LogP contribution < -0.4 is 5.32 Å². The fourth-order valence-electron chi connectivity index (χ4n) is 4.21. The molecule has 4 rings (SSSR count). The molecule has 5 atom stereocenters. The van der Waals surface area contributed by atoms with Crippen molar-refractivity contribution >= 4 is 5.91 Å². The topological polar surface area (TPSA) is 74.3 Å². The van der Waals surface area contributed by atoms with Crippen molar-refractivity contribution in [1.29, 1.82) is 0 Å². The number of nitrogens with one attached hydrogen (secondary N) is 1. The molecule has 0 radical (unpaired) electrons. The van der Waals surface area contributed by atoms with Gasteiger partial charge >= 0.3 is 0 Å². The highest BCUT2D eigenvalue weighted by molar-refractivity contribution is 5.73. The molecule has 7 nitrogen and oxygen atoms in total. The van der Waals surface area contributed by atoms with Crippen molar-refractivity contribution in [2.45, 2.75) is 44.1 Å². The van der Waals surface area contributed by atoms with Crippen molar-refractivity contribution in [3.8, 4) is 0 Å². The smallest absolute Gasteiger partial charge is 0.219 e. The van der Waals surface area contributed by atoms with E-state index in [1.165, 1.54) is 5.56 Å². The molecule has 0 spiro atoms. The second kappa shape index (κ2) is 7.62. The van der Waals surface area contributed by atoms with Gasteiger partial charge in [-0.3, -0.25) is 9.69 Å².